The normalized spacial score (nSPS) is 16.4. The van der Waals surface area contributed by atoms with E-state index in [4.69, 9.17) is 16.7 Å². The van der Waals surface area contributed by atoms with Crippen LogP contribution < -0.4 is 0 Å². The maximum absolute atomic E-state index is 11.6. The average Bonchev–Trinajstić information content (AvgIpc) is 3.00. The van der Waals surface area contributed by atoms with Gasteiger partial charge in [0.1, 0.15) is 5.69 Å². The number of hydrogen-bond donors (Lipinski definition) is 1. The predicted molar refractivity (Wildman–Crippen MR) is 98.9 cm³/mol. The van der Waals surface area contributed by atoms with Crippen LogP contribution in [0.1, 0.15) is 12.6 Å². The van der Waals surface area contributed by atoms with E-state index in [1.54, 1.807) is 12.4 Å². The number of halogens is 1. The monoisotopic (exact) mass is 368 g/mol. The number of aromatic nitrogens is 3. The SMILES string of the molecule is C[C@H]1Cn2nc(-c3ccc(Cl)cc3)c(-c3ccncc3)c2CN1C(=O)O. The fourth-order valence-corrected chi connectivity index (χ4v) is 3.49. The van der Waals surface area contributed by atoms with Crippen molar-refractivity contribution in [2.75, 3.05) is 0 Å². The van der Waals surface area contributed by atoms with Gasteiger partial charge < -0.3 is 5.11 Å². The molecule has 1 aliphatic heterocycles. The van der Waals surface area contributed by atoms with Gasteiger partial charge in [-0.1, -0.05) is 23.7 Å². The van der Waals surface area contributed by atoms with Gasteiger partial charge in [0.25, 0.3) is 0 Å². The van der Waals surface area contributed by atoms with Crippen LogP contribution in [0.15, 0.2) is 48.8 Å². The summed E-state index contributed by atoms with van der Waals surface area (Å²) < 4.78 is 1.92. The first-order valence-corrected chi connectivity index (χ1v) is 8.68. The highest BCUT2D eigenvalue weighted by atomic mass is 35.5. The Morgan fingerprint density at radius 2 is 1.85 bits per heavy atom. The quantitative estimate of drug-likeness (QED) is 0.737. The zero-order chi connectivity index (χ0) is 18.3. The molecule has 1 aliphatic rings. The molecule has 1 amide bonds. The predicted octanol–water partition coefficient (Wildman–Crippen LogP) is 4.15. The maximum Gasteiger partial charge on any atom is 0.407 e. The molecule has 0 saturated heterocycles. The summed E-state index contributed by atoms with van der Waals surface area (Å²) in [5.74, 6) is 0. The Balaban J connectivity index is 1.92. The number of benzene rings is 1. The summed E-state index contributed by atoms with van der Waals surface area (Å²) in [4.78, 5) is 17.1. The number of carbonyl (C=O) groups is 1. The van der Waals surface area contributed by atoms with E-state index < -0.39 is 6.09 Å². The van der Waals surface area contributed by atoms with Gasteiger partial charge in [0.2, 0.25) is 0 Å². The lowest BCUT2D eigenvalue weighted by atomic mass is 9.98. The van der Waals surface area contributed by atoms with Crippen molar-refractivity contribution in [1.29, 1.82) is 0 Å². The van der Waals surface area contributed by atoms with Gasteiger partial charge in [-0.2, -0.15) is 5.10 Å². The molecule has 1 aromatic carbocycles. The minimum Gasteiger partial charge on any atom is -0.465 e. The van der Waals surface area contributed by atoms with Crippen molar-refractivity contribution in [3.8, 4) is 22.4 Å². The summed E-state index contributed by atoms with van der Waals surface area (Å²) in [5.41, 5.74) is 4.56. The van der Waals surface area contributed by atoms with Gasteiger partial charge in [0.05, 0.1) is 24.8 Å². The number of amides is 1. The van der Waals surface area contributed by atoms with Crippen molar-refractivity contribution in [3.05, 3.63) is 59.5 Å². The Morgan fingerprint density at radius 1 is 1.15 bits per heavy atom. The number of pyridine rings is 1. The van der Waals surface area contributed by atoms with Crippen molar-refractivity contribution >= 4 is 17.7 Å². The van der Waals surface area contributed by atoms with Crippen molar-refractivity contribution in [1.82, 2.24) is 19.7 Å². The Labute approximate surface area is 155 Å². The highest BCUT2D eigenvalue weighted by Gasteiger charge is 2.31. The largest absolute Gasteiger partial charge is 0.465 e. The van der Waals surface area contributed by atoms with Gasteiger partial charge >= 0.3 is 6.09 Å². The molecule has 0 bridgehead atoms. The van der Waals surface area contributed by atoms with E-state index >= 15 is 0 Å². The topological polar surface area (TPSA) is 71.2 Å². The molecule has 1 atom stereocenters. The van der Waals surface area contributed by atoms with Gasteiger partial charge in [0, 0.05) is 28.5 Å². The number of rotatable bonds is 2. The molecule has 0 unspecified atom stereocenters. The molecule has 2 aromatic heterocycles. The summed E-state index contributed by atoms with van der Waals surface area (Å²) in [6, 6.07) is 11.2. The third-order valence-electron chi connectivity index (χ3n) is 4.68. The van der Waals surface area contributed by atoms with Crippen molar-refractivity contribution < 1.29 is 9.90 Å². The number of fused-ring (bicyclic) bond motifs is 1. The number of hydrogen-bond acceptors (Lipinski definition) is 3. The number of carboxylic acid groups (broad SMARTS) is 1. The lowest BCUT2D eigenvalue weighted by Gasteiger charge is -2.32. The highest BCUT2D eigenvalue weighted by molar-refractivity contribution is 6.30. The van der Waals surface area contributed by atoms with Gasteiger partial charge in [-0.25, -0.2) is 4.79 Å². The third-order valence-corrected chi connectivity index (χ3v) is 4.93. The summed E-state index contributed by atoms with van der Waals surface area (Å²) in [6.45, 7) is 2.72. The third kappa shape index (κ3) is 2.82. The minimum atomic E-state index is -0.918. The molecule has 0 radical (unpaired) electrons. The first-order chi connectivity index (χ1) is 12.5. The maximum atomic E-state index is 11.6. The average molecular weight is 369 g/mol. The summed E-state index contributed by atoms with van der Waals surface area (Å²) in [5, 5.41) is 15.0. The van der Waals surface area contributed by atoms with E-state index in [-0.39, 0.29) is 6.04 Å². The molecule has 4 rings (SSSR count). The molecule has 26 heavy (non-hydrogen) atoms. The smallest absolute Gasteiger partial charge is 0.407 e. The standard InChI is InChI=1S/C19H17ClN4O2/c1-12-10-24-16(11-23(12)19(25)26)17(13-6-8-21-9-7-13)18(22-24)14-2-4-15(20)5-3-14/h2-9,12H,10-11H2,1H3,(H,25,26)/t12-/m0/s1. The van der Waals surface area contributed by atoms with Crippen molar-refractivity contribution in [2.45, 2.75) is 26.1 Å². The molecular weight excluding hydrogens is 352 g/mol. The zero-order valence-electron chi connectivity index (χ0n) is 14.1. The van der Waals surface area contributed by atoms with Crippen LogP contribution in [0.5, 0.6) is 0 Å². The molecule has 132 valence electrons. The molecule has 0 spiro atoms. The lowest BCUT2D eigenvalue weighted by molar-refractivity contribution is 0.105. The Bertz CT molecular complexity index is 954. The Kier molecular flexibility index (Phi) is 4.12. The molecule has 3 aromatic rings. The van der Waals surface area contributed by atoms with Crippen LogP contribution in [0, 0.1) is 0 Å². The van der Waals surface area contributed by atoms with E-state index in [0.717, 1.165) is 28.1 Å². The molecule has 3 heterocycles. The van der Waals surface area contributed by atoms with Gasteiger partial charge in [-0.05, 0) is 36.8 Å². The molecule has 7 heteroatoms. The van der Waals surface area contributed by atoms with Crippen LogP contribution in [0.3, 0.4) is 0 Å². The summed E-state index contributed by atoms with van der Waals surface area (Å²) in [7, 11) is 0. The van der Waals surface area contributed by atoms with Crippen LogP contribution in [0.2, 0.25) is 5.02 Å². The fraction of sp³-hybridized carbons (Fsp3) is 0.211. The van der Waals surface area contributed by atoms with Gasteiger partial charge in [-0.15, -0.1) is 0 Å². The van der Waals surface area contributed by atoms with Crippen LogP contribution in [0.25, 0.3) is 22.4 Å². The number of nitrogens with zero attached hydrogens (tertiary/aromatic N) is 4. The van der Waals surface area contributed by atoms with E-state index in [2.05, 4.69) is 4.98 Å². The fourth-order valence-electron chi connectivity index (χ4n) is 3.36. The van der Waals surface area contributed by atoms with E-state index in [9.17, 15) is 9.90 Å². The molecule has 6 nitrogen and oxygen atoms in total. The minimum absolute atomic E-state index is 0.136. The van der Waals surface area contributed by atoms with Crippen LogP contribution in [-0.2, 0) is 13.1 Å². The van der Waals surface area contributed by atoms with E-state index in [0.29, 0.717) is 18.1 Å². The highest BCUT2D eigenvalue weighted by Crippen LogP contribution is 2.37. The lowest BCUT2D eigenvalue weighted by Crippen LogP contribution is -2.44. The second kappa shape index (κ2) is 6.46. The van der Waals surface area contributed by atoms with Crippen LogP contribution >= 0.6 is 11.6 Å². The molecule has 1 N–H and O–H groups in total. The van der Waals surface area contributed by atoms with Crippen LogP contribution in [-0.4, -0.2) is 36.9 Å². The van der Waals surface area contributed by atoms with E-state index in [1.165, 1.54) is 4.90 Å². The van der Waals surface area contributed by atoms with Crippen LogP contribution in [0.4, 0.5) is 4.79 Å². The molecular formula is C19H17ClN4O2. The first kappa shape index (κ1) is 16.6. The second-order valence-corrected chi connectivity index (χ2v) is 6.79. The Morgan fingerprint density at radius 3 is 2.50 bits per heavy atom. The first-order valence-electron chi connectivity index (χ1n) is 8.30. The summed E-state index contributed by atoms with van der Waals surface area (Å²) >= 11 is 6.02. The molecule has 0 fully saturated rings. The van der Waals surface area contributed by atoms with Gasteiger partial charge in [0.15, 0.2) is 0 Å². The second-order valence-electron chi connectivity index (χ2n) is 6.35. The van der Waals surface area contributed by atoms with Crippen molar-refractivity contribution in [2.24, 2.45) is 0 Å². The Hall–Kier alpha value is -2.86. The summed E-state index contributed by atoms with van der Waals surface area (Å²) in [6.07, 6.45) is 2.54. The van der Waals surface area contributed by atoms with Gasteiger partial charge in [-0.3, -0.25) is 14.6 Å². The van der Waals surface area contributed by atoms with Crippen molar-refractivity contribution in [3.63, 3.8) is 0 Å². The zero-order valence-corrected chi connectivity index (χ0v) is 14.9. The molecule has 0 aliphatic carbocycles. The molecule has 0 saturated carbocycles. The van der Waals surface area contributed by atoms with E-state index in [1.807, 2.05) is 48.0 Å².